The van der Waals surface area contributed by atoms with Crippen molar-refractivity contribution in [1.29, 1.82) is 0 Å². The van der Waals surface area contributed by atoms with E-state index in [4.69, 9.17) is 0 Å². The lowest BCUT2D eigenvalue weighted by Gasteiger charge is -2.10. The van der Waals surface area contributed by atoms with Crippen molar-refractivity contribution >= 4 is 11.8 Å². The average Bonchev–Trinajstić information content (AvgIpc) is 2.57. The van der Waals surface area contributed by atoms with Gasteiger partial charge in [-0.15, -0.1) is 0 Å². The van der Waals surface area contributed by atoms with Crippen molar-refractivity contribution in [2.24, 2.45) is 0 Å². The molecule has 0 spiro atoms. The quantitative estimate of drug-likeness (QED) is 0.526. The van der Waals surface area contributed by atoms with E-state index in [1.165, 1.54) is 6.07 Å². The van der Waals surface area contributed by atoms with E-state index in [2.05, 4.69) is 0 Å². The van der Waals surface area contributed by atoms with Crippen molar-refractivity contribution in [2.75, 3.05) is 0 Å². The summed E-state index contributed by atoms with van der Waals surface area (Å²) >= 11 is -0.152. The third-order valence-corrected chi connectivity index (χ3v) is 3.24. The molecule has 0 aliphatic heterocycles. The van der Waals surface area contributed by atoms with E-state index < -0.39 is 5.51 Å². The highest BCUT2D eigenvalue weighted by atomic mass is 32.2. The smallest absolute Gasteiger partial charge is 0.207 e. The molecule has 1 aliphatic carbocycles. The Labute approximate surface area is 88.7 Å². The van der Waals surface area contributed by atoms with Gasteiger partial charge in [0.05, 0.1) is 0 Å². The van der Waals surface area contributed by atoms with Crippen molar-refractivity contribution in [3.63, 3.8) is 0 Å². The van der Waals surface area contributed by atoms with Crippen molar-refractivity contribution in [3.05, 3.63) is 29.1 Å². The molecule has 2 rings (SSSR count). The molecule has 0 nitrogen and oxygen atoms in total. The van der Waals surface area contributed by atoms with Gasteiger partial charge in [-0.25, -0.2) is 4.39 Å². The number of alkyl halides is 3. The fourth-order valence-electron chi connectivity index (χ4n) is 1.85. The zero-order valence-electron chi connectivity index (χ0n) is 7.70. The summed E-state index contributed by atoms with van der Waals surface area (Å²) in [4.78, 5) is 0.149. The number of thioether (sulfide) groups is 1. The van der Waals surface area contributed by atoms with E-state index in [0.717, 1.165) is 12.5 Å². The molecule has 1 aliphatic rings. The Balaban J connectivity index is 2.38. The summed E-state index contributed by atoms with van der Waals surface area (Å²) in [7, 11) is 0. The Morgan fingerprint density at radius 1 is 1.07 bits per heavy atom. The van der Waals surface area contributed by atoms with Crippen LogP contribution in [0.25, 0.3) is 0 Å². The fourth-order valence-corrected chi connectivity index (χ4v) is 2.58. The van der Waals surface area contributed by atoms with E-state index in [1.807, 2.05) is 0 Å². The van der Waals surface area contributed by atoms with E-state index in [0.29, 0.717) is 24.0 Å². The maximum Gasteiger partial charge on any atom is 0.446 e. The van der Waals surface area contributed by atoms with Gasteiger partial charge in [-0.1, -0.05) is 0 Å². The highest BCUT2D eigenvalue weighted by Gasteiger charge is 2.32. The van der Waals surface area contributed by atoms with Crippen LogP contribution in [-0.2, 0) is 12.8 Å². The third kappa shape index (κ3) is 2.27. The molecule has 0 heterocycles. The Bertz CT molecular complexity index is 384. The van der Waals surface area contributed by atoms with Gasteiger partial charge < -0.3 is 0 Å². The molecule has 0 amide bonds. The molecule has 82 valence electrons. The van der Waals surface area contributed by atoms with Gasteiger partial charge in [-0.2, -0.15) is 13.2 Å². The first-order valence-electron chi connectivity index (χ1n) is 4.53. The van der Waals surface area contributed by atoms with Gasteiger partial charge in [0.1, 0.15) is 5.82 Å². The molecule has 0 saturated heterocycles. The van der Waals surface area contributed by atoms with Crippen LogP contribution in [0.3, 0.4) is 0 Å². The zero-order valence-corrected chi connectivity index (χ0v) is 8.51. The van der Waals surface area contributed by atoms with Crippen LogP contribution in [0.5, 0.6) is 0 Å². The molecular weight excluding hydrogens is 228 g/mol. The molecule has 0 N–H and O–H groups in total. The predicted molar refractivity (Wildman–Crippen MR) is 50.3 cm³/mol. The topological polar surface area (TPSA) is 0 Å². The summed E-state index contributed by atoms with van der Waals surface area (Å²) in [6.07, 6.45) is 1.83. The molecule has 0 aromatic heterocycles. The molecule has 15 heavy (non-hydrogen) atoms. The van der Waals surface area contributed by atoms with E-state index >= 15 is 0 Å². The van der Waals surface area contributed by atoms with Crippen LogP contribution < -0.4 is 0 Å². The van der Waals surface area contributed by atoms with Crippen LogP contribution in [0.2, 0.25) is 0 Å². The van der Waals surface area contributed by atoms with Crippen LogP contribution in [0.15, 0.2) is 17.0 Å². The third-order valence-electron chi connectivity index (χ3n) is 2.41. The average molecular weight is 236 g/mol. The van der Waals surface area contributed by atoms with Crippen LogP contribution in [0.1, 0.15) is 17.5 Å². The van der Waals surface area contributed by atoms with Crippen LogP contribution >= 0.6 is 11.8 Å². The number of benzene rings is 1. The van der Waals surface area contributed by atoms with Gasteiger partial charge in [0.25, 0.3) is 0 Å². The lowest BCUT2D eigenvalue weighted by molar-refractivity contribution is -0.0328. The lowest BCUT2D eigenvalue weighted by Crippen LogP contribution is -2.01. The maximum atomic E-state index is 13.2. The van der Waals surface area contributed by atoms with Crippen molar-refractivity contribution in [2.45, 2.75) is 29.7 Å². The normalized spacial score (nSPS) is 15.5. The van der Waals surface area contributed by atoms with Gasteiger partial charge in [0, 0.05) is 4.90 Å². The van der Waals surface area contributed by atoms with E-state index in [9.17, 15) is 17.6 Å². The Morgan fingerprint density at radius 2 is 1.73 bits per heavy atom. The van der Waals surface area contributed by atoms with Gasteiger partial charge >= 0.3 is 5.51 Å². The first-order valence-corrected chi connectivity index (χ1v) is 5.35. The number of halogens is 4. The van der Waals surface area contributed by atoms with Crippen molar-refractivity contribution < 1.29 is 17.6 Å². The van der Waals surface area contributed by atoms with Crippen molar-refractivity contribution in [1.82, 2.24) is 0 Å². The summed E-state index contributed by atoms with van der Waals surface area (Å²) in [5.41, 5.74) is -3.30. The van der Waals surface area contributed by atoms with Crippen molar-refractivity contribution in [3.8, 4) is 0 Å². The largest absolute Gasteiger partial charge is 0.446 e. The molecule has 0 saturated carbocycles. The monoisotopic (exact) mass is 236 g/mol. The highest BCUT2D eigenvalue weighted by Crippen LogP contribution is 2.41. The molecular formula is C10H8F4S. The van der Waals surface area contributed by atoms with Crippen LogP contribution in [-0.4, -0.2) is 5.51 Å². The predicted octanol–water partition coefficient (Wildman–Crippen LogP) is 3.93. The highest BCUT2D eigenvalue weighted by molar-refractivity contribution is 8.00. The molecule has 0 fully saturated rings. The summed E-state index contributed by atoms with van der Waals surface area (Å²) < 4.78 is 49.8. The first kappa shape index (κ1) is 10.8. The van der Waals surface area contributed by atoms with Gasteiger partial charge in [0.15, 0.2) is 0 Å². The second-order valence-electron chi connectivity index (χ2n) is 3.40. The number of hydrogen-bond donors (Lipinski definition) is 0. The van der Waals surface area contributed by atoms with Gasteiger partial charge in [-0.3, -0.25) is 0 Å². The molecule has 0 bridgehead atoms. The SMILES string of the molecule is Fc1ccc(SC(F)(F)F)c2c1CCC2. The summed E-state index contributed by atoms with van der Waals surface area (Å²) in [6.45, 7) is 0. The molecule has 5 heteroatoms. The second-order valence-corrected chi connectivity index (χ2v) is 4.51. The number of rotatable bonds is 1. The minimum atomic E-state index is -4.30. The van der Waals surface area contributed by atoms with Crippen LogP contribution in [0.4, 0.5) is 17.6 Å². The molecule has 0 radical (unpaired) electrons. The Hall–Kier alpha value is -0.710. The second kappa shape index (κ2) is 3.70. The minimum absolute atomic E-state index is 0.149. The molecule has 1 aromatic rings. The zero-order chi connectivity index (χ0) is 11.1. The standard InChI is InChI=1S/C10H8F4S/c11-8-4-5-9(15-10(12,13)14)7-3-1-2-6(7)8/h4-5H,1-3H2. The molecule has 0 atom stereocenters. The molecule has 1 aromatic carbocycles. The molecule has 0 unspecified atom stereocenters. The van der Waals surface area contributed by atoms with Crippen LogP contribution in [0, 0.1) is 5.82 Å². The first-order chi connectivity index (χ1) is 6.97. The fraction of sp³-hybridized carbons (Fsp3) is 0.400. The minimum Gasteiger partial charge on any atom is -0.207 e. The Morgan fingerprint density at radius 3 is 2.40 bits per heavy atom. The Kier molecular flexibility index (Phi) is 2.66. The summed E-state index contributed by atoms with van der Waals surface area (Å²) in [5.74, 6) is -0.381. The summed E-state index contributed by atoms with van der Waals surface area (Å²) in [6, 6.07) is 2.34. The number of fused-ring (bicyclic) bond motifs is 1. The maximum absolute atomic E-state index is 13.2. The summed E-state index contributed by atoms with van der Waals surface area (Å²) in [5, 5.41) is 0. The van der Waals surface area contributed by atoms with Gasteiger partial charge in [0.2, 0.25) is 0 Å². The lowest BCUT2D eigenvalue weighted by atomic mass is 10.1. The van der Waals surface area contributed by atoms with Gasteiger partial charge in [-0.05, 0) is 54.3 Å². The van der Waals surface area contributed by atoms with E-state index in [-0.39, 0.29) is 22.5 Å². The van der Waals surface area contributed by atoms with E-state index in [1.54, 1.807) is 0 Å². The number of hydrogen-bond acceptors (Lipinski definition) is 1.